The molecule has 0 aliphatic carbocycles. The van der Waals surface area contributed by atoms with Gasteiger partial charge in [0.15, 0.2) is 11.6 Å². The second-order valence-electron chi connectivity index (χ2n) is 12.3. The van der Waals surface area contributed by atoms with E-state index in [4.69, 9.17) is 19.9 Å². The van der Waals surface area contributed by atoms with E-state index in [1.165, 1.54) is 27.4 Å². The first-order valence-electron chi connectivity index (χ1n) is 16.7. The Morgan fingerprint density at radius 1 is 0.400 bits per heavy atom. The molecule has 6 aromatic carbocycles. The Bertz CT molecular complexity index is 2800. The Labute approximate surface area is 287 Å². The van der Waals surface area contributed by atoms with E-state index in [2.05, 4.69) is 106 Å². The van der Waals surface area contributed by atoms with Crippen LogP contribution in [-0.2, 0) is 0 Å². The van der Waals surface area contributed by atoms with Gasteiger partial charge in [0.2, 0.25) is 5.95 Å². The third kappa shape index (κ3) is 4.43. The van der Waals surface area contributed by atoms with Gasteiger partial charge in [-0.3, -0.25) is 4.57 Å². The molecule has 4 aromatic heterocycles. The molecule has 0 fully saturated rings. The predicted octanol–water partition coefficient (Wildman–Crippen LogP) is 10.5. The van der Waals surface area contributed by atoms with Gasteiger partial charge in [0.1, 0.15) is 5.65 Å². The van der Waals surface area contributed by atoms with Gasteiger partial charge in [-0.05, 0) is 59.7 Å². The fraction of sp³-hybridized carbons (Fsp3) is 0. The minimum Gasteiger partial charge on any atom is -0.309 e. The number of hydrogen-bond donors (Lipinski definition) is 0. The lowest BCUT2D eigenvalue weighted by Gasteiger charge is -2.11. The highest BCUT2D eigenvalue weighted by atomic mass is 15.2. The Morgan fingerprint density at radius 2 is 1.02 bits per heavy atom. The van der Waals surface area contributed by atoms with Crippen LogP contribution in [0.15, 0.2) is 170 Å². The van der Waals surface area contributed by atoms with Gasteiger partial charge in [0, 0.05) is 44.6 Å². The first kappa shape index (κ1) is 28.1. The van der Waals surface area contributed by atoms with Crippen molar-refractivity contribution in [2.75, 3.05) is 0 Å². The van der Waals surface area contributed by atoms with Crippen LogP contribution in [0.5, 0.6) is 0 Å². The molecule has 10 rings (SSSR count). The number of para-hydroxylation sites is 2. The monoisotopic (exact) mass is 640 g/mol. The predicted molar refractivity (Wildman–Crippen MR) is 203 cm³/mol. The zero-order valence-electron chi connectivity index (χ0n) is 26.8. The summed E-state index contributed by atoms with van der Waals surface area (Å²) >= 11 is 0. The number of nitrogens with zero attached hydrogens (tertiary/aromatic N) is 6. The molecule has 234 valence electrons. The molecular weight excluding hydrogens is 613 g/mol. The summed E-state index contributed by atoms with van der Waals surface area (Å²) in [6, 6.07) is 56.8. The molecule has 6 heteroatoms. The normalized spacial score (nSPS) is 11.6. The van der Waals surface area contributed by atoms with Crippen LogP contribution in [0.4, 0.5) is 0 Å². The molecule has 50 heavy (non-hydrogen) atoms. The number of fused-ring (bicyclic) bond motifs is 6. The molecule has 0 bridgehead atoms. The van der Waals surface area contributed by atoms with Crippen molar-refractivity contribution in [1.82, 2.24) is 29.1 Å². The molecule has 0 saturated heterocycles. The van der Waals surface area contributed by atoms with Crippen LogP contribution >= 0.6 is 0 Å². The average Bonchev–Trinajstić information content (AvgIpc) is 3.71. The molecule has 0 atom stereocenters. The van der Waals surface area contributed by atoms with E-state index in [0.717, 1.165) is 44.3 Å². The highest BCUT2D eigenvalue weighted by molar-refractivity contribution is 6.17. The van der Waals surface area contributed by atoms with Gasteiger partial charge in [0.05, 0.1) is 16.6 Å². The Kier molecular flexibility index (Phi) is 6.39. The van der Waals surface area contributed by atoms with Gasteiger partial charge in [-0.2, -0.15) is 9.97 Å². The van der Waals surface area contributed by atoms with Crippen LogP contribution in [-0.4, -0.2) is 29.1 Å². The number of rotatable bonds is 5. The quantitative estimate of drug-likeness (QED) is 0.188. The fourth-order valence-electron chi connectivity index (χ4n) is 7.23. The fourth-order valence-corrected chi connectivity index (χ4v) is 7.23. The zero-order valence-corrected chi connectivity index (χ0v) is 26.8. The lowest BCUT2D eigenvalue weighted by atomic mass is 9.98. The van der Waals surface area contributed by atoms with Crippen molar-refractivity contribution < 1.29 is 0 Å². The van der Waals surface area contributed by atoms with E-state index in [1.54, 1.807) is 0 Å². The van der Waals surface area contributed by atoms with E-state index >= 15 is 0 Å². The lowest BCUT2D eigenvalue weighted by molar-refractivity contribution is 0.944. The molecule has 6 nitrogen and oxygen atoms in total. The van der Waals surface area contributed by atoms with Crippen molar-refractivity contribution in [1.29, 1.82) is 0 Å². The summed E-state index contributed by atoms with van der Waals surface area (Å²) in [7, 11) is 0. The van der Waals surface area contributed by atoms with Crippen LogP contribution in [0.1, 0.15) is 0 Å². The maximum absolute atomic E-state index is 5.06. The largest absolute Gasteiger partial charge is 0.309 e. The maximum atomic E-state index is 5.06. The van der Waals surface area contributed by atoms with Gasteiger partial charge in [-0.25, -0.2) is 9.97 Å². The number of aromatic nitrogens is 6. The molecule has 10 aromatic rings. The van der Waals surface area contributed by atoms with E-state index in [9.17, 15) is 0 Å². The minimum absolute atomic E-state index is 0.525. The zero-order chi connectivity index (χ0) is 33.0. The molecule has 0 aliphatic heterocycles. The smallest absolute Gasteiger partial charge is 0.240 e. The number of hydrogen-bond acceptors (Lipinski definition) is 4. The highest BCUT2D eigenvalue weighted by Crippen LogP contribution is 2.40. The van der Waals surface area contributed by atoms with Crippen molar-refractivity contribution in [2.24, 2.45) is 0 Å². The molecule has 0 saturated carbocycles. The van der Waals surface area contributed by atoms with Crippen molar-refractivity contribution in [2.45, 2.75) is 0 Å². The van der Waals surface area contributed by atoms with E-state index in [-0.39, 0.29) is 0 Å². The second-order valence-corrected chi connectivity index (χ2v) is 12.3. The molecule has 0 N–H and O–H groups in total. The number of pyridine rings is 1. The second kappa shape index (κ2) is 11.4. The van der Waals surface area contributed by atoms with Crippen LogP contribution in [0.3, 0.4) is 0 Å². The van der Waals surface area contributed by atoms with Crippen LogP contribution in [0, 0.1) is 0 Å². The Hall–Kier alpha value is -6.92. The molecule has 0 spiro atoms. The van der Waals surface area contributed by atoms with Crippen molar-refractivity contribution in [3.8, 4) is 45.5 Å². The summed E-state index contributed by atoms with van der Waals surface area (Å²) in [5.41, 5.74) is 9.42. The SMILES string of the molecule is c1ccc(-c2nc(-c3ccccc3)nc(-n3c4ccc(-c5cccc6c5c5ccccc5n6-c5ccccc5)cc4c4cccnc43)n2)cc1. The summed E-state index contributed by atoms with van der Waals surface area (Å²) in [6.45, 7) is 0. The summed E-state index contributed by atoms with van der Waals surface area (Å²) in [5.74, 6) is 1.74. The lowest BCUT2D eigenvalue weighted by Crippen LogP contribution is -2.06. The summed E-state index contributed by atoms with van der Waals surface area (Å²) in [5, 5.41) is 4.56. The molecule has 0 unspecified atom stereocenters. The molecule has 0 aliphatic rings. The van der Waals surface area contributed by atoms with Gasteiger partial charge < -0.3 is 4.57 Å². The maximum Gasteiger partial charge on any atom is 0.240 e. The highest BCUT2D eigenvalue weighted by Gasteiger charge is 2.21. The third-order valence-corrected chi connectivity index (χ3v) is 9.44. The molecular formula is C44H28N6. The van der Waals surface area contributed by atoms with Crippen molar-refractivity contribution in [3.63, 3.8) is 0 Å². The van der Waals surface area contributed by atoms with Crippen molar-refractivity contribution >= 4 is 43.7 Å². The third-order valence-electron chi connectivity index (χ3n) is 9.44. The standard InChI is InChI=1S/C44H28N6/c1-4-14-29(15-5-1)41-46-42(30-16-6-2-7-17-30)48-44(47-41)50-38-26-25-31(28-36(38)34-22-13-27-45-43(34)50)33-21-12-24-39-40(33)35-20-10-11-23-37(35)49(39)32-18-8-3-9-19-32/h1-28H. The Morgan fingerprint density at radius 3 is 1.76 bits per heavy atom. The first-order valence-corrected chi connectivity index (χ1v) is 16.7. The van der Waals surface area contributed by atoms with E-state index in [1.807, 2.05) is 72.9 Å². The van der Waals surface area contributed by atoms with E-state index < -0.39 is 0 Å². The van der Waals surface area contributed by atoms with Crippen molar-refractivity contribution in [3.05, 3.63) is 170 Å². The molecule has 0 radical (unpaired) electrons. The average molecular weight is 641 g/mol. The van der Waals surface area contributed by atoms with Gasteiger partial charge in [-0.15, -0.1) is 0 Å². The first-order chi connectivity index (χ1) is 24.8. The Balaban J connectivity index is 1.22. The number of benzene rings is 6. The van der Waals surface area contributed by atoms with Gasteiger partial charge in [0.25, 0.3) is 0 Å². The molecule has 4 heterocycles. The van der Waals surface area contributed by atoms with Crippen LogP contribution < -0.4 is 0 Å². The summed E-state index contributed by atoms with van der Waals surface area (Å²) < 4.78 is 4.43. The van der Waals surface area contributed by atoms with Crippen LogP contribution in [0.25, 0.3) is 89.3 Å². The van der Waals surface area contributed by atoms with E-state index in [0.29, 0.717) is 17.6 Å². The topological polar surface area (TPSA) is 61.4 Å². The van der Waals surface area contributed by atoms with Crippen LogP contribution in [0.2, 0.25) is 0 Å². The molecule has 0 amide bonds. The van der Waals surface area contributed by atoms with Gasteiger partial charge >= 0.3 is 0 Å². The minimum atomic E-state index is 0.525. The summed E-state index contributed by atoms with van der Waals surface area (Å²) in [6.07, 6.45) is 1.83. The summed E-state index contributed by atoms with van der Waals surface area (Å²) in [4.78, 5) is 19.9. The van der Waals surface area contributed by atoms with Gasteiger partial charge in [-0.1, -0.05) is 115 Å².